The number of hydrogen-bond acceptors (Lipinski definition) is 3. The number of hydrogen-bond donors (Lipinski definition) is 0. The van der Waals surface area contributed by atoms with E-state index in [0.29, 0.717) is 10.2 Å². The summed E-state index contributed by atoms with van der Waals surface area (Å²) in [7, 11) is 0. The zero-order chi connectivity index (χ0) is 10.4. The monoisotopic (exact) mass is 266 g/mol. The highest BCUT2D eigenvalue weighted by atomic mass is 79.9. The van der Waals surface area contributed by atoms with Crippen LogP contribution in [0.4, 0.5) is 5.82 Å². The molecular weight excluding hydrogens is 256 g/mol. The van der Waals surface area contributed by atoms with E-state index in [9.17, 15) is 4.79 Å². The topological polar surface area (TPSA) is 33.2 Å². The van der Waals surface area contributed by atoms with Crippen molar-refractivity contribution in [2.45, 2.75) is 6.42 Å². The molecule has 2 atom stereocenters. The Morgan fingerprint density at radius 1 is 1.40 bits per heavy atom. The lowest BCUT2D eigenvalue weighted by Gasteiger charge is -2.19. The molecule has 0 radical (unpaired) electrons. The summed E-state index contributed by atoms with van der Waals surface area (Å²) in [5.41, 5.74) is 0.614. The van der Waals surface area contributed by atoms with Gasteiger partial charge in [0.1, 0.15) is 10.4 Å². The van der Waals surface area contributed by atoms with Gasteiger partial charge in [-0.05, 0) is 46.3 Å². The normalized spacial score (nSPS) is 27.7. The fourth-order valence-electron chi connectivity index (χ4n) is 2.28. The second kappa shape index (κ2) is 3.30. The molecule has 0 bridgehead atoms. The predicted octanol–water partition coefficient (Wildman–Crippen LogP) is 2.11. The van der Waals surface area contributed by atoms with Crippen molar-refractivity contribution in [3.8, 4) is 0 Å². The van der Waals surface area contributed by atoms with Gasteiger partial charge < -0.3 is 4.90 Å². The Balaban J connectivity index is 1.86. The van der Waals surface area contributed by atoms with Crippen molar-refractivity contribution in [1.82, 2.24) is 4.98 Å². The third-order valence-electron chi connectivity index (χ3n) is 3.29. The Kier molecular flexibility index (Phi) is 2.06. The van der Waals surface area contributed by atoms with Crippen LogP contribution < -0.4 is 4.90 Å². The molecule has 2 heterocycles. The minimum Gasteiger partial charge on any atom is -0.356 e. The molecule has 1 aromatic rings. The number of nitrogens with zero attached hydrogens (tertiary/aromatic N) is 2. The molecule has 4 heteroatoms. The number of aldehydes is 1. The molecule has 0 aromatic carbocycles. The summed E-state index contributed by atoms with van der Waals surface area (Å²) in [5, 5.41) is 0. The van der Waals surface area contributed by atoms with Crippen molar-refractivity contribution in [3.05, 3.63) is 22.3 Å². The molecule has 1 aliphatic heterocycles. The fourth-order valence-corrected chi connectivity index (χ4v) is 2.69. The smallest absolute Gasteiger partial charge is 0.152 e. The second-order valence-corrected chi connectivity index (χ2v) is 5.08. The van der Waals surface area contributed by atoms with Crippen LogP contribution in [0, 0.1) is 11.8 Å². The summed E-state index contributed by atoms with van der Waals surface area (Å²) >= 11 is 3.31. The van der Waals surface area contributed by atoms with Gasteiger partial charge in [-0.1, -0.05) is 0 Å². The van der Waals surface area contributed by atoms with Crippen molar-refractivity contribution >= 4 is 28.0 Å². The first-order chi connectivity index (χ1) is 7.28. The summed E-state index contributed by atoms with van der Waals surface area (Å²) in [5.74, 6) is 2.78. The Labute approximate surface area is 96.6 Å². The highest BCUT2D eigenvalue weighted by Crippen LogP contribution is 2.46. The summed E-state index contributed by atoms with van der Waals surface area (Å²) in [6, 6.07) is 3.75. The van der Waals surface area contributed by atoms with Gasteiger partial charge in [-0.25, -0.2) is 4.98 Å². The van der Waals surface area contributed by atoms with Crippen LogP contribution in [-0.4, -0.2) is 24.4 Å². The maximum Gasteiger partial charge on any atom is 0.152 e. The summed E-state index contributed by atoms with van der Waals surface area (Å²) in [4.78, 5) is 17.3. The van der Waals surface area contributed by atoms with E-state index in [4.69, 9.17) is 0 Å². The lowest BCUT2D eigenvalue weighted by Crippen LogP contribution is -2.22. The molecule has 2 fully saturated rings. The highest BCUT2D eigenvalue weighted by molar-refractivity contribution is 9.10. The zero-order valence-corrected chi connectivity index (χ0v) is 9.77. The predicted molar refractivity (Wildman–Crippen MR) is 61.1 cm³/mol. The third kappa shape index (κ3) is 1.57. The van der Waals surface area contributed by atoms with Crippen LogP contribution in [0.2, 0.25) is 0 Å². The number of anilines is 1. The molecule has 2 unspecified atom stereocenters. The van der Waals surface area contributed by atoms with Gasteiger partial charge in [0.25, 0.3) is 0 Å². The lowest BCUT2D eigenvalue weighted by atomic mass is 10.3. The number of fused-ring (bicyclic) bond motifs is 1. The van der Waals surface area contributed by atoms with E-state index in [-0.39, 0.29) is 0 Å². The van der Waals surface area contributed by atoms with Crippen molar-refractivity contribution in [3.63, 3.8) is 0 Å². The van der Waals surface area contributed by atoms with Gasteiger partial charge in [-0.3, -0.25) is 4.79 Å². The van der Waals surface area contributed by atoms with Crippen LogP contribution in [-0.2, 0) is 0 Å². The molecule has 0 spiro atoms. The molecule has 0 N–H and O–H groups in total. The minimum absolute atomic E-state index is 0.614. The molecule has 78 valence electrons. The lowest BCUT2D eigenvalue weighted by molar-refractivity contribution is 0.112. The van der Waals surface area contributed by atoms with E-state index in [1.54, 1.807) is 0 Å². The molecule has 1 aromatic heterocycles. The van der Waals surface area contributed by atoms with Gasteiger partial charge in [0.05, 0.1) is 0 Å². The number of aromatic nitrogens is 1. The molecule has 1 aliphatic carbocycles. The van der Waals surface area contributed by atoms with Crippen LogP contribution in [0.1, 0.15) is 16.8 Å². The SMILES string of the molecule is O=Cc1ccc(N2CC3CC3C2)nc1Br. The third-order valence-corrected chi connectivity index (χ3v) is 3.93. The van der Waals surface area contributed by atoms with Crippen LogP contribution >= 0.6 is 15.9 Å². The largest absolute Gasteiger partial charge is 0.356 e. The van der Waals surface area contributed by atoms with Crippen molar-refractivity contribution in [1.29, 1.82) is 0 Å². The Hall–Kier alpha value is -0.900. The van der Waals surface area contributed by atoms with Crippen LogP contribution in [0.3, 0.4) is 0 Å². The van der Waals surface area contributed by atoms with Crippen molar-refractivity contribution in [2.24, 2.45) is 11.8 Å². The second-order valence-electron chi connectivity index (χ2n) is 4.33. The molecule has 3 nitrogen and oxygen atoms in total. The van der Waals surface area contributed by atoms with E-state index in [2.05, 4.69) is 25.8 Å². The quantitative estimate of drug-likeness (QED) is 0.607. The summed E-state index contributed by atoms with van der Waals surface area (Å²) < 4.78 is 0.649. The number of pyridine rings is 1. The van der Waals surface area contributed by atoms with Gasteiger partial charge in [0.2, 0.25) is 0 Å². The first-order valence-electron chi connectivity index (χ1n) is 5.14. The van der Waals surface area contributed by atoms with E-state index >= 15 is 0 Å². The van der Waals surface area contributed by atoms with Gasteiger partial charge in [0.15, 0.2) is 6.29 Å². The molecule has 3 rings (SSSR count). The van der Waals surface area contributed by atoms with Gasteiger partial charge in [0, 0.05) is 18.7 Å². The summed E-state index contributed by atoms with van der Waals surface area (Å²) in [6.07, 6.45) is 2.21. The van der Waals surface area contributed by atoms with Crippen LogP contribution in [0.15, 0.2) is 16.7 Å². The van der Waals surface area contributed by atoms with Crippen molar-refractivity contribution in [2.75, 3.05) is 18.0 Å². The molecular formula is C11H11BrN2O. The zero-order valence-electron chi connectivity index (χ0n) is 8.19. The first-order valence-corrected chi connectivity index (χ1v) is 5.94. The molecule has 15 heavy (non-hydrogen) atoms. The summed E-state index contributed by atoms with van der Waals surface area (Å²) in [6.45, 7) is 2.26. The van der Waals surface area contributed by atoms with E-state index in [0.717, 1.165) is 37.0 Å². The van der Waals surface area contributed by atoms with Gasteiger partial charge in [-0.15, -0.1) is 0 Å². The molecule has 0 amide bonds. The van der Waals surface area contributed by atoms with Crippen LogP contribution in [0.5, 0.6) is 0 Å². The van der Waals surface area contributed by atoms with Crippen LogP contribution in [0.25, 0.3) is 0 Å². The number of piperidine rings is 1. The first kappa shape index (κ1) is 9.33. The number of halogens is 1. The Bertz CT molecular complexity index is 411. The molecule has 1 saturated carbocycles. The van der Waals surface area contributed by atoms with Gasteiger partial charge in [-0.2, -0.15) is 0 Å². The maximum atomic E-state index is 10.6. The minimum atomic E-state index is 0.614. The average Bonchev–Trinajstić information content (AvgIpc) is 2.86. The van der Waals surface area contributed by atoms with E-state index in [1.807, 2.05) is 12.1 Å². The Morgan fingerprint density at radius 3 is 2.73 bits per heavy atom. The molecule has 1 saturated heterocycles. The van der Waals surface area contributed by atoms with Gasteiger partial charge >= 0.3 is 0 Å². The maximum absolute atomic E-state index is 10.6. The number of carbonyl (C=O) groups excluding carboxylic acids is 1. The standard InChI is InChI=1S/C11H11BrN2O/c12-11-7(6-15)1-2-10(13-11)14-4-8-3-9(8)5-14/h1-2,6,8-9H,3-5H2. The molecule has 2 aliphatic rings. The van der Waals surface area contributed by atoms with Crippen molar-refractivity contribution < 1.29 is 4.79 Å². The van der Waals surface area contributed by atoms with E-state index in [1.165, 1.54) is 6.42 Å². The fraction of sp³-hybridized carbons (Fsp3) is 0.455. The average molecular weight is 267 g/mol. The number of carbonyl (C=O) groups is 1. The van der Waals surface area contributed by atoms with E-state index < -0.39 is 0 Å². The number of rotatable bonds is 2. The highest BCUT2D eigenvalue weighted by Gasteiger charge is 2.45. The Morgan fingerprint density at radius 2 is 2.13 bits per heavy atom.